The number of hydrogen-bond donors (Lipinski definition) is 2. The molecule has 0 radical (unpaired) electrons. The van der Waals surface area contributed by atoms with Gasteiger partial charge in [-0.05, 0) is 12.1 Å². The molecule has 2 N–H and O–H groups in total. The number of carbonyl (C=O) groups is 2. The van der Waals surface area contributed by atoms with E-state index in [1.54, 1.807) is 24.3 Å². The zero-order valence-electron chi connectivity index (χ0n) is 9.92. The van der Waals surface area contributed by atoms with E-state index in [-0.39, 0.29) is 19.0 Å². The number of para-hydroxylation sites is 2. The van der Waals surface area contributed by atoms with Gasteiger partial charge in [0.05, 0.1) is 25.9 Å². The smallest absolute Gasteiger partial charge is 0.322 e. The van der Waals surface area contributed by atoms with Crippen LogP contribution in [-0.4, -0.2) is 43.2 Å². The van der Waals surface area contributed by atoms with Crippen molar-refractivity contribution in [2.75, 3.05) is 25.1 Å². The highest BCUT2D eigenvalue weighted by Crippen LogP contribution is 2.28. The lowest BCUT2D eigenvalue weighted by molar-refractivity contribution is -0.139. The van der Waals surface area contributed by atoms with Gasteiger partial charge < -0.3 is 14.7 Å². The van der Waals surface area contributed by atoms with Gasteiger partial charge in [-0.2, -0.15) is 0 Å². The molecule has 0 bridgehead atoms. The van der Waals surface area contributed by atoms with Crippen LogP contribution in [0.1, 0.15) is 0 Å². The number of carbonyl (C=O) groups excluding carboxylic acids is 1. The highest BCUT2D eigenvalue weighted by Gasteiger charge is 2.31. The van der Waals surface area contributed by atoms with Crippen LogP contribution in [0.5, 0.6) is 5.75 Å². The van der Waals surface area contributed by atoms with Crippen LogP contribution >= 0.6 is 0 Å². The summed E-state index contributed by atoms with van der Waals surface area (Å²) in [6.07, 6.45) is 0. The molecule has 1 saturated heterocycles. The molecule has 1 aliphatic rings. The van der Waals surface area contributed by atoms with Crippen LogP contribution in [0.3, 0.4) is 0 Å². The molecule has 2 rings (SSSR count). The van der Waals surface area contributed by atoms with Crippen molar-refractivity contribution < 1.29 is 19.4 Å². The van der Waals surface area contributed by atoms with E-state index in [0.29, 0.717) is 11.4 Å². The third-order valence-electron chi connectivity index (χ3n) is 2.84. The average molecular weight is 250 g/mol. The molecular formula is C12H14N2O4. The van der Waals surface area contributed by atoms with Crippen LogP contribution in [0.15, 0.2) is 24.3 Å². The first kappa shape index (κ1) is 12.4. The zero-order valence-corrected chi connectivity index (χ0v) is 9.92. The Hall–Kier alpha value is -2.08. The van der Waals surface area contributed by atoms with Gasteiger partial charge in [-0.15, -0.1) is 0 Å². The van der Waals surface area contributed by atoms with E-state index in [9.17, 15) is 9.59 Å². The maximum Gasteiger partial charge on any atom is 0.322 e. The predicted molar refractivity (Wildman–Crippen MR) is 64.8 cm³/mol. The fraction of sp³-hybridized carbons (Fsp3) is 0.333. The summed E-state index contributed by atoms with van der Waals surface area (Å²) in [5, 5.41) is 11.7. The van der Waals surface area contributed by atoms with Crippen LogP contribution in [0.2, 0.25) is 0 Å². The molecule has 0 aromatic heterocycles. The van der Waals surface area contributed by atoms with E-state index in [1.165, 1.54) is 12.0 Å². The Morgan fingerprint density at radius 3 is 2.89 bits per heavy atom. The molecule has 1 fully saturated rings. The Labute approximate surface area is 104 Å². The lowest BCUT2D eigenvalue weighted by Gasteiger charge is -2.32. The fourth-order valence-electron chi connectivity index (χ4n) is 1.91. The van der Waals surface area contributed by atoms with Gasteiger partial charge in [-0.1, -0.05) is 12.1 Å². The second-order valence-electron chi connectivity index (χ2n) is 3.95. The molecule has 6 nitrogen and oxygen atoms in total. The number of nitrogens with one attached hydrogen (secondary N) is 1. The highest BCUT2D eigenvalue weighted by atomic mass is 16.5. The van der Waals surface area contributed by atoms with Crippen LogP contribution < -0.4 is 15.0 Å². The second-order valence-corrected chi connectivity index (χ2v) is 3.95. The van der Waals surface area contributed by atoms with Crippen LogP contribution in [0.4, 0.5) is 5.69 Å². The van der Waals surface area contributed by atoms with Gasteiger partial charge in [0.1, 0.15) is 11.8 Å². The first-order chi connectivity index (χ1) is 8.63. The third kappa shape index (κ3) is 2.28. The van der Waals surface area contributed by atoms with Crippen molar-refractivity contribution >= 4 is 17.6 Å². The van der Waals surface area contributed by atoms with Gasteiger partial charge in [0.2, 0.25) is 5.91 Å². The number of carboxylic acid groups (broad SMARTS) is 1. The van der Waals surface area contributed by atoms with Gasteiger partial charge in [-0.25, -0.2) is 0 Å². The minimum absolute atomic E-state index is 0.00894. The summed E-state index contributed by atoms with van der Waals surface area (Å²) >= 11 is 0. The minimum Gasteiger partial charge on any atom is -0.495 e. The number of carboxylic acids is 1. The van der Waals surface area contributed by atoms with E-state index in [4.69, 9.17) is 9.84 Å². The number of methoxy groups -OCH3 is 1. The molecule has 1 amide bonds. The molecule has 1 unspecified atom stereocenters. The fourth-order valence-corrected chi connectivity index (χ4v) is 1.91. The van der Waals surface area contributed by atoms with Crippen LogP contribution in [-0.2, 0) is 9.59 Å². The molecule has 6 heteroatoms. The number of anilines is 1. The number of rotatable bonds is 3. The predicted octanol–water partition coefficient (Wildman–Crippen LogP) is 0.0846. The molecule has 1 aliphatic heterocycles. The standard InChI is InChI=1S/C12H14N2O4/c1-18-10-5-3-2-4-9(10)14-7-8(12(16)17)13-6-11(14)15/h2-5,8,13H,6-7H2,1H3,(H,16,17). The lowest BCUT2D eigenvalue weighted by atomic mass is 10.1. The molecule has 0 spiro atoms. The average Bonchev–Trinajstić information content (AvgIpc) is 2.39. The van der Waals surface area contributed by atoms with Crippen molar-refractivity contribution in [1.29, 1.82) is 0 Å². The van der Waals surface area contributed by atoms with Crippen molar-refractivity contribution in [3.63, 3.8) is 0 Å². The van der Waals surface area contributed by atoms with Crippen molar-refractivity contribution in [3.05, 3.63) is 24.3 Å². The summed E-state index contributed by atoms with van der Waals surface area (Å²) in [5.41, 5.74) is 0.595. The molecule has 1 aromatic rings. The van der Waals surface area contributed by atoms with Gasteiger partial charge in [0.25, 0.3) is 0 Å². The largest absolute Gasteiger partial charge is 0.495 e. The van der Waals surface area contributed by atoms with E-state index in [2.05, 4.69) is 5.32 Å². The first-order valence-corrected chi connectivity index (χ1v) is 5.53. The molecular weight excluding hydrogens is 236 g/mol. The van der Waals surface area contributed by atoms with Gasteiger partial charge >= 0.3 is 5.97 Å². The monoisotopic (exact) mass is 250 g/mol. The Morgan fingerprint density at radius 1 is 1.50 bits per heavy atom. The summed E-state index contributed by atoms with van der Waals surface area (Å²) in [5.74, 6) is -0.587. The highest BCUT2D eigenvalue weighted by molar-refractivity contribution is 5.98. The molecule has 96 valence electrons. The quantitative estimate of drug-likeness (QED) is 0.794. The first-order valence-electron chi connectivity index (χ1n) is 5.53. The Balaban J connectivity index is 2.29. The van der Waals surface area contributed by atoms with E-state index >= 15 is 0 Å². The van der Waals surface area contributed by atoms with Crippen molar-refractivity contribution in [2.24, 2.45) is 0 Å². The minimum atomic E-state index is -0.970. The summed E-state index contributed by atoms with van der Waals surface area (Å²) in [7, 11) is 1.51. The number of piperazine rings is 1. The van der Waals surface area contributed by atoms with Crippen molar-refractivity contribution in [1.82, 2.24) is 5.32 Å². The number of benzene rings is 1. The molecule has 1 aromatic carbocycles. The number of nitrogens with zero attached hydrogens (tertiary/aromatic N) is 1. The Bertz CT molecular complexity index is 475. The number of ether oxygens (including phenoxy) is 1. The van der Waals surface area contributed by atoms with Crippen LogP contribution in [0, 0.1) is 0 Å². The molecule has 1 atom stereocenters. The van der Waals surface area contributed by atoms with Crippen molar-refractivity contribution in [2.45, 2.75) is 6.04 Å². The number of aliphatic carboxylic acids is 1. The maximum atomic E-state index is 11.8. The molecule has 1 heterocycles. The SMILES string of the molecule is COc1ccccc1N1CC(C(=O)O)NCC1=O. The Kier molecular flexibility index (Phi) is 3.47. The van der Waals surface area contributed by atoms with E-state index < -0.39 is 12.0 Å². The van der Waals surface area contributed by atoms with Gasteiger partial charge in [-0.3, -0.25) is 14.9 Å². The van der Waals surface area contributed by atoms with Crippen molar-refractivity contribution in [3.8, 4) is 5.75 Å². The number of hydrogen-bond acceptors (Lipinski definition) is 4. The summed E-state index contributed by atoms with van der Waals surface area (Å²) in [6.45, 7) is 0.101. The topological polar surface area (TPSA) is 78.9 Å². The van der Waals surface area contributed by atoms with E-state index in [0.717, 1.165) is 0 Å². The lowest BCUT2D eigenvalue weighted by Crippen LogP contribution is -2.57. The Morgan fingerprint density at radius 2 is 2.22 bits per heavy atom. The van der Waals surface area contributed by atoms with Gasteiger partial charge in [0, 0.05) is 0 Å². The summed E-state index contributed by atoms with van der Waals surface area (Å²) in [4.78, 5) is 24.2. The zero-order chi connectivity index (χ0) is 13.1. The normalized spacial score (nSPS) is 19.7. The molecule has 0 saturated carbocycles. The van der Waals surface area contributed by atoms with Crippen LogP contribution in [0.25, 0.3) is 0 Å². The van der Waals surface area contributed by atoms with E-state index in [1.807, 2.05) is 0 Å². The van der Waals surface area contributed by atoms with Gasteiger partial charge in [0.15, 0.2) is 0 Å². The third-order valence-corrected chi connectivity index (χ3v) is 2.84. The molecule has 0 aliphatic carbocycles. The second kappa shape index (κ2) is 5.05. The molecule has 18 heavy (non-hydrogen) atoms. The summed E-state index contributed by atoms with van der Waals surface area (Å²) < 4.78 is 5.18. The number of amides is 1. The summed E-state index contributed by atoms with van der Waals surface area (Å²) in [6, 6.07) is 6.29. The maximum absolute atomic E-state index is 11.8.